The zero-order valence-corrected chi connectivity index (χ0v) is 20.0. The first kappa shape index (κ1) is 23.0. The molecule has 0 N–H and O–H groups in total. The molecule has 1 heterocycles. The molecule has 170 valence electrons. The first-order chi connectivity index (χ1) is 15.5. The summed E-state index contributed by atoms with van der Waals surface area (Å²) >= 11 is 0. The van der Waals surface area contributed by atoms with Crippen LogP contribution in [0.15, 0.2) is 78.0 Å². The van der Waals surface area contributed by atoms with E-state index in [4.69, 9.17) is 10.00 Å². The van der Waals surface area contributed by atoms with E-state index in [1.165, 1.54) is 26.5 Å². The van der Waals surface area contributed by atoms with Crippen LogP contribution in [0.3, 0.4) is 0 Å². The van der Waals surface area contributed by atoms with Gasteiger partial charge in [0, 0.05) is 16.9 Å². The van der Waals surface area contributed by atoms with Crippen molar-refractivity contribution in [3.05, 3.63) is 83.6 Å². The van der Waals surface area contributed by atoms with E-state index < -0.39 is 27.7 Å². The lowest BCUT2D eigenvalue weighted by atomic mass is 10.0. The third-order valence-electron chi connectivity index (χ3n) is 5.76. The van der Waals surface area contributed by atoms with Gasteiger partial charge in [0.1, 0.15) is 29.2 Å². The molecule has 0 saturated heterocycles. The van der Waals surface area contributed by atoms with E-state index in [-0.39, 0.29) is 6.42 Å². The average molecular weight is 484 g/mol. The Bertz CT molecular complexity index is 1530. The highest BCUT2D eigenvalue weighted by Crippen LogP contribution is 2.51. The van der Waals surface area contributed by atoms with Crippen LogP contribution in [0.1, 0.15) is 18.9 Å². The molecule has 0 bridgehead atoms. The Balaban J connectivity index is 1.69. The van der Waals surface area contributed by atoms with Gasteiger partial charge < -0.3 is 9.30 Å². The molecule has 33 heavy (non-hydrogen) atoms. The zero-order valence-electron chi connectivity index (χ0n) is 18.3. The lowest BCUT2D eigenvalue weighted by molar-refractivity contribution is 0.476. The molecule has 9 heteroatoms. The number of allylic oxidation sites excluding steroid dienone is 3. The maximum Gasteiger partial charge on any atom is 0.251 e. The fourth-order valence-electron chi connectivity index (χ4n) is 3.69. The Morgan fingerprint density at radius 1 is 1.15 bits per heavy atom. The van der Waals surface area contributed by atoms with Crippen molar-refractivity contribution in [1.29, 1.82) is 5.26 Å². The lowest BCUT2D eigenvalue weighted by Crippen LogP contribution is -2.40. The van der Waals surface area contributed by atoms with Crippen LogP contribution in [0.4, 0.5) is 4.39 Å². The van der Waals surface area contributed by atoms with Crippen LogP contribution in [0.5, 0.6) is 11.5 Å². The Kier molecular flexibility index (Phi) is 5.60. The second-order valence-electron chi connectivity index (χ2n) is 8.49. The minimum Gasteiger partial charge on any atom is -0.457 e. The van der Waals surface area contributed by atoms with Crippen LogP contribution in [0.2, 0.25) is 0 Å². The summed E-state index contributed by atoms with van der Waals surface area (Å²) in [4.78, 5) is 0. The van der Waals surface area contributed by atoms with Gasteiger partial charge >= 0.3 is 0 Å². The number of nitrogens with zero attached hydrogens (tertiary/aromatic N) is 2. The number of hydrogen-bond acceptors (Lipinski definition) is 5. The largest absolute Gasteiger partial charge is 0.457 e. The number of hydrogen-bond donors (Lipinski definition) is 0. The Morgan fingerprint density at radius 3 is 2.55 bits per heavy atom. The molecule has 0 spiro atoms. The van der Waals surface area contributed by atoms with E-state index in [1.54, 1.807) is 54.6 Å². The lowest BCUT2D eigenvalue weighted by Gasteiger charge is -2.31. The molecule has 1 aliphatic rings. The molecule has 4 rings (SSSR count). The highest BCUT2D eigenvalue weighted by molar-refractivity contribution is 7.91. The van der Waals surface area contributed by atoms with E-state index in [2.05, 4.69) is 0 Å². The van der Waals surface area contributed by atoms with Crippen LogP contribution in [-0.4, -0.2) is 30.5 Å². The topological polar surface area (TPSA) is 89.2 Å². The minimum atomic E-state index is -4.18. The Hall–Kier alpha value is -3.14. The van der Waals surface area contributed by atoms with Crippen LogP contribution in [0.25, 0.3) is 10.9 Å². The molecule has 1 aromatic heterocycles. The van der Waals surface area contributed by atoms with E-state index in [0.717, 1.165) is 10.0 Å². The van der Waals surface area contributed by atoms with Gasteiger partial charge in [-0.15, -0.1) is 0 Å². The molecular weight excluding hydrogens is 462 g/mol. The normalized spacial score (nSPS) is 19.0. The van der Waals surface area contributed by atoms with E-state index in [9.17, 15) is 13.0 Å². The highest BCUT2D eigenvalue weighted by atomic mass is 32.2. The summed E-state index contributed by atoms with van der Waals surface area (Å²) in [7, 11) is -6.90. The van der Waals surface area contributed by atoms with Crippen molar-refractivity contribution >= 4 is 28.1 Å². The first-order valence-corrected chi connectivity index (χ1v) is 14.2. The van der Waals surface area contributed by atoms with Gasteiger partial charge in [0.25, 0.3) is 10.0 Å². The van der Waals surface area contributed by atoms with Gasteiger partial charge in [0.15, 0.2) is 0 Å². The summed E-state index contributed by atoms with van der Waals surface area (Å²) in [6.07, 6.45) is 3.92. The molecule has 0 saturated carbocycles. The van der Waals surface area contributed by atoms with Gasteiger partial charge in [-0.05, 0) is 75.2 Å². The van der Waals surface area contributed by atoms with Gasteiger partial charge in [0.2, 0.25) is 0 Å². The van der Waals surface area contributed by atoms with Gasteiger partial charge in [0.05, 0.1) is 17.1 Å². The van der Waals surface area contributed by atoms with Crippen molar-refractivity contribution in [1.82, 2.24) is 3.97 Å². The van der Waals surface area contributed by atoms with Gasteiger partial charge in [-0.2, -0.15) is 5.26 Å². The van der Waals surface area contributed by atoms with Crippen molar-refractivity contribution in [3.63, 3.8) is 0 Å². The molecule has 0 amide bonds. The molecule has 1 atom stereocenters. The second kappa shape index (κ2) is 8.02. The predicted molar refractivity (Wildman–Crippen MR) is 127 cm³/mol. The average Bonchev–Trinajstić information content (AvgIpc) is 3.19. The number of fused-ring (bicyclic) bond motifs is 1. The van der Waals surface area contributed by atoms with Crippen molar-refractivity contribution in [2.75, 3.05) is 13.3 Å². The highest BCUT2D eigenvalue weighted by Gasteiger charge is 2.46. The summed E-state index contributed by atoms with van der Waals surface area (Å²) < 4.78 is 59.6. The molecule has 0 fully saturated rings. The smallest absolute Gasteiger partial charge is 0.251 e. The SMILES string of the molecule is CC1(S(=O)(=O)n2ccc3cc(Oc4cccc(C#N)c4)ccc32)CC=C(P(C)(C)=O)C=C1F. The van der Waals surface area contributed by atoms with Crippen LogP contribution in [-0.2, 0) is 14.6 Å². The summed E-state index contributed by atoms with van der Waals surface area (Å²) in [5.41, 5.74) is 0.843. The fraction of sp³-hybridized carbons (Fsp3) is 0.208. The Labute approximate surface area is 192 Å². The quantitative estimate of drug-likeness (QED) is 0.414. The molecule has 3 aromatic rings. The van der Waals surface area contributed by atoms with Crippen LogP contribution < -0.4 is 4.74 Å². The molecular formula is C24H22FN2O4PS. The van der Waals surface area contributed by atoms with Crippen molar-refractivity contribution in [2.45, 2.75) is 18.1 Å². The first-order valence-electron chi connectivity index (χ1n) is 10.1. The van der Waals surface area contributed by atoms with Crippen molar-refractivity contribution in [2.24, 2.45) is 0 Å². The van der Waals surface area contributed by atoms with E-state index >= 15 is 4.39 Å². The van der Waals surface area contributed by atoms with Gasteiger partial charge in [-0.1, -0.05) is 12.1 Å². The van der Waals surface area contributed by atoms with Crippen LogP contribution >= 0.6 is 7.14 Å². The Morgan fingerprint density at radius 2 is 1.88 bits per heavy atom. The maximum absolute atomic E-state index is 15.1. The molecule has 2 aromatic carbocycles. The third-order valence-corrected chi connectivity index (χ3v) is 9.65. The molecule has 0 aliphatic heterocycles. The standard InChI is InChI=1S/C24H22FN2O4PS/c1-24(11-9-21(15-23(24)25)32(2,3)28)33(29,30)27-12-10-18-14-20(7-8-22(18)27)31-19-6-4-5-17(13-19)16-26/h4-10,12-15H,11H2,1-3H3. The third kappa shape index (κ3) is 4.03. The van der Waals surface area contributed by atoms with E-state index in [1.807, 2.05) is 6.07 Å². The van der Waals surface area contributed by atoms with Gasteiger partial charge in [-0.25, -0.2) is 16.8 Å². The monoisotopic (exact) mass is 484 g/mol. The van der Waals surface area contributed by atoms with Crippen LogP contribution in [0, 0.1) is 11.3 Å². The molecule has 1 aliphatic carbocycles. The fourth-order valence-corrected chi connectivity index (χ4v) is 6.33. The number of nitriles is 1. The number of halogens is 1. The predicted octanol–water partition coefficient (Wildman–Crippen LogP) is 6.01. The zero-order chi connectivity index (χ0) is 24.0. The molecule has 6 nitrogen and oxygen atoms in total. The number of benzene rings is 2. The second-order valence-corrected chi connectivity index (χ2v) is 13.9. The summed E-state index contributed by atoms with van der Waals surface area (Å²) in [5, 5.41) is 9.97. The maximum atomic E-state index is 15.1. The van der Waals surface area contributed by atoms with Crippen molar-refractivity contribution in [3.8, 4) is 17.6 Å². The number of rotatable bonds is 5. The summed E-state index contributed by atoms with van der Waals surface area (Å²) in [5.74, 6) is 0.120. The van der Waals surface area contributed by atoms with Gasteiger partial charge in [-0.3, -0.25) is 0 Å². The summed E-state index contributed by atoms with van der Waals surface area (Å²) in [6, 6.07) is 15.2. The minimum absolute atomic E-state index is 0.116. The number of ether oxygens (including phenoxy) is 1. The van der Waals surface area contributed by atoms with Crippen molar-refractivity contribution < 1.29 is 22.1 Å². The molecule has 1 unspecified atom stereocenters. The molecule has 0 radical (unpaired) electrons. The van der Waals surface area contributed by atoms with E-state index in [0.29, 0.717) is 33.3 Å². The number of aromatic nitrogens is 1. The summed E-state index contributed by atoms with van der Waals surface area (Å²) in [6.45, 7) is 4.38.